The van der Waals surface area contributed by atoms with Gasteiger partial charge in [0.25, 0.3) is 0 Å². The average molecular weight is 295 g/mol. The lowest BCUT2D eigenvalue weighted by molar-refractivity contribution is -0.137. The molecule has 88 valence electrons. The first kappa shape index (κ1) is 13.3. The fraction of sp³-hybridized carbons (Fsp3) is 0.273. The fourth-order valence-electron chi connectivity index (χ4n) is 1.18. The Hall–Kier alpha value is -0.810. The van der Waals surface area contributed by atoms with Gasteiger partial charge in [-0.15, -0.1) is 6.58 Å². The minimum absolute atomic E-state index is 0.385. The predicted octanol–water partition coefficient (Wildman–Crippen LogP) is 3.69. The third-order valence-corrected chi connectivity index (χ3v) is 2.98. The van der Waals surface area contributed by atoms with Gasteiger partial charge in [-0.25, -0.2) is 0 Å². The predicted molar refractivity (Wildman–Crippen MR) is 59.3 cm³/mol. The van der Waals surface area contributed by atoms with Crippen molar-refractivity contribution in [2.75, 3.05) is 0 Å². The van der Waals surface area contributed by atoms with Gasteiger partial charge in [-0.1, -0.05) is 34.1 Å². The minimum atomic E-state index is -4.35. The van der Waals surface area contributed by atoms with E-state index < -0.39 is 17.8 Å². The van der Waals surface area contributed by atoms with Crippen molar-refractivity contribution in [2.45, 2.75) is 17.1 Å². The van der Waals surface area contributed by atoms with Gasteiger partial charge in [-0.05, 0) is 17.7 Å². The molecule has 1 aromatic rings. The molecule has 0 saturated carbocycles. The van der Waals surface area contributed by atoms with Crippen molar-refractivity contribution in [2.24, 2.45) is 0 Å². The van der Waals surface area contributed by atoms with Crippen molar-refractivity contribution >= 4 is 15.9 Å². The molecule has 0 aliphatic rings. The van der Waals surface area contributed by atoms with Crippen LogP contribution in [0.4, 0.5) is 13.2 Å². The lowest BCUT2D eigenvalue weighted by atomic mass is 10.0. The molecule has 0 spiro atoms. The van der Waals surface area contributed by atoms with Crippen LogP contribution < -0.4 is 0 Å². The van der Waals surface area contributed by atoms with E-state index in [9.17, 15) is 18.3 Å². The Labute approximate surface area is 99.7 Å². The number of aliphatic hydroxyl groups excluding tert-OH is 1. The standard InChI is InChI=1S/C11H10BrF3O/c1-2-9(12)10(16)7-3-5-8(6-4-7)11(13,14)15/h2-6,9-10,16H,1H2/t9-,10+/m1/s1. The van der Waals surface area contributed by atoms with Gasteiger partial charge in [0.2, 0.25) is 0 Å². The van der Waals surface area contributed by atoms with Gasteiger partial charge in [-0.3, -0.25) is 0 Å². The highest BCUT2D eigenvalue weighted by Gasteiger charge is 2.30. The van der Waals surface area contributed by atoms with E-state index in [4.69, 9.17) is 0 Å². The van der Waals surface area contributed by atoms with Gasteiger partial charge in [-0.2, -0.15) is 13.2 Å². The molecule has 0 aliphatic carbocycles. The average Bonchev–Trinajstić information content (AvgIpc) is 2.26. The fourth-order valence-corrected chi connectivity index (χ4v) is 1.49. The maximum absolute atomic E-state index is 12.3. The minimum Gasteiger partial charge on any atom is -0.387 e. The van der Waals surface area contributed by atoms with Crippen molar-refractivity contribution in [3.8, 4) is 0 Å². The summed E-state index contributed by atoms with van der Waals surface area (Å²) in [7, 11) is 0. The summed E-state index contributed by atoms with van der Waals surface area (Å²) in [6.07, 6.45) is -3.78. The molecule has 1 N–H and O–H groups in total. The Balaban J connectivity index is 2.91. The molecule has 0 saturated heterocycles. The second-order valence-electron chi connectivity index (χ2n) is 3.24. The van der Waals surface area contributed by atoms with Crippen LogP contribution in [0, 0.1) is 0 Å². The first-order valence-corrected chi connectivity index (χ1v) is 5.39. The van der Waals surface area contributed by atoms with Crippen molar-refractivity contribution in [3.05, 3.63) is 48.0 Å². The number of halogens is 4. The smallest absolute Gasteiger partial charge is 0.387 e. The van der Waals surface area contributed by atoms with Crippen LogP contribution in [-0.2, 0) is 6.18 Å². The van der Waals surface area contributed by atoms with E-state index in [1.54, 1.807) is 0 Å². The van der Waals surface area contributed by atoms with Gasteiger partial charge in [0.1, 0.15) is 0 Å². The van der Waals surface area contributed by atoms with Crippen molar-refractivity contribution < 1.29 is 18.3 Å². The number of rotatable bonds is 3. The Morgan fingerprint density at radius 1 is 1.25 bits per heavy atom. The van der Waals surface area contributed by atoms with E-state index in [0.29, 0.717) is 5.56 Å². The lowest BCUT2D eigenvalue weighted by Crippen LogP contribution is -2.10. The van der Waals surface area contributed by atoms with Crippen LogP contribution in [-0.4, -0.2) is 9.93 Å². The van der Waals surface area contributed by atoms with Crippen LogP contribution in [0.15, 0.2) is 36.9 Å². The van der Waals surface area contributed by atoms with Crippen molar-refractivity contribution in [3.63, 3.8) is 0 Å². The molecular formula is C11H10BrF3O. The van der Waals surface area contributed by atoms with Gasteiger partial charge < -0.3 is 5.11 Å². The highest BCUT2D eigenvalue weighted by atomic mass is 79.9. The molecule has 2 atom stereocenters. The highest BCUT2D eigenvalue weighted by Crippen LogP contribution is 2.31. The Kier molecular flexibility index (Phi) is 4.15. The molecule has 0 fully saturated rings. The maximum Gasteiger partial charge on any atom is 0.416 e. The summed E-state index contributed by atoms with van der Waals surface area (Å²) < 4.78 is 36.8. The van der Waals surface area contributed by atoms with Gasteiger partial charge in [0.15, 0.2) is 0 Å². The summed E-state index contributed by atoms with van der Waals surface area (Å²) in [5.41, 5.74) is -0.317. The molecule has 1 rings (SSSR count). The van der Waals surface area contributed by atoms with E-state index in [1.807, 2.05) is 0 Å². The molecule has 0 amide bonds. The Morgan fingerprint density at radius 3 is 2.12 bits per heavy atom. The van der Waals surface area contributed by atoms with Crippen LogP contribution in [0.1, 0.15) is 17.2 Å². The molecule has 16 heavy (non-hydrogen) atoms. The summed E-state index contributed by atoms with van der Waals surface area (Å²) in [6, 6.07) is 4.40. The first-order valence-electron chi connectivity index (χ1n) is 4.48. The Morgan fingerprint density at radius 2 is 1.75 bits per heavy atom. The first-order chi connectivity index (χ1) is 7.36. The van der Waals surface area contributed by atoms with Crippen LogP contribution in [0.3, 0.4) is 0 Å². The van der Waals surface area contributed by atoms with Crippen LogP contribution in [0.2, 0.25) is 0 Å². The lowest BCUT2D eigenvalue weighted by Gasteiger charge is -2.15. The zero-order chi connectivity index (χ0) is 12.3. The van der Waals surface area contributed by atoms with E-state index in [0.717, 1.165) is 12.1 Å². The van der Waals surface area contributed by atoms with Crippen LogP contribution in [0.25, 0.3) is 0 Å². The SMILES string of the molecule is C=C[C@@H](Br)[C@@H](O)c1ccc(C(F)(F)F)cc1. The van der Waals surface area contributed by atoms with E-state index in [2.05, 4.69) is 22.5 Å². The maximum atomic E-state index is 12.3. The number of hydrogen-bond donors (Lipinski definition) is 1. The van der Waals surface area contributed by atoms with Gasteiger partial charge >= 0.3 is 6.18 Å². The molecule has 0 heterocycles. The molecular weight excluding hydrogens is 285 g/mol. The van der Waals surface area contributed by atoms with E-state index in [1.165, 1.54) is 18.2 Å². The Bertz CT molecular complexity index is 358. The quantitative estimate of drug-likeness (QED) is 0.666. The summed E-state index contributed by atoms with van der Waals surface area (Å²) in [6.45, 7) is 3.48. The molecule has 1 nitrogen and oxygen atoms in total. The normalized spacial score (nSPS) is 15.6. The molecule has 0 radical (unpaired) electrons. The number of hydrogen-bond acceptors (Lipinski definition) is 1. The summed E-state index contributed by atoms with van der Waals surface area (Å²) in [5.74, 6) is 0. The monoisotopic (exact) mass is 294 g/mol. The molecule has 0 unspecified atom stereocenters. The second-order valence-corrected chi connectivity index (χ2v) is 4.30. The number of benzene rings is 1. The molecule has 1 aromatic carbocycles. The third kappa shape index (κ3) is 3.09. The third-order valence-electron chi connectivity index (χ3n) is 2.11. The number of aliphatic hydroxyl groups is 1. The van der Waals surface area contributed by atoms with Crippen molar-refractivity contribution in [1.29, 1.82) is 0 Å². The molecule has 0 bridgehead atoms. The molecule has 0 aliphatic heterocycles. The van der Waals surface area contributed by atoms with Gasteiger partial charge in [0, 0.05) is 0 Å². The van der Waals surface area contributed by atoms with E-state index >= 15 is 0 Å². The van der Waals surface area contributed by atoms with Crippen LogP contribution >= 0.6 is 15.9 Å². The zero-order valence-corrected chi connectivity index (χ0v) is 9.79. The summed E-state index contributed by atoms with van der Waals surface area (Å²) in [4.78, 5) is -0.385. The van der Waals surface area contributed by atoms with Crippen LogP contribution in [0.5, 0.6) is 0 Å². The number of alkyl halides is 4. The van der Waals surface area contributed by atoms with Crippen molar-refractivity contribution in [1.82, 2.24) is 0 Å². The van der Waals surface area contributed by atoms with E-state index in [-0.39, 0.29) is 4.83 Å². The topological polar surface area (TPSA) is 20.2 Å². The molecule has 0 aromatic heterocycles. The molecule has 5 heteroatoms. The van der Waals surface area contributed by atoms with Gasteiger partial charge in [0.05, 0.1) is 16.5 Å². The second kappa shape index (κ2) is 5.01. The largest absolute Gasteiger partial charge is 0.416 e. The summed E-state index contributed by atoms with van der Waals surface area (Å²) >= 11 is 3.15. The summed E-state index contributed by atoms with van der Waals surface area (Å²) in [5, 5.41) is 9.68. The zero-order valence-electron chi connectivity index (χ0n) is 8.21. The highest BCUT2D eigenvalue weighted by molar-refractivity contribution is 9.09.